The maximum absolute atomic E-state index is 12.7. The van der Waals surface area contributed by atoms with E-state index in [2.05, 4.69) is 22.7 Å². The van der Waals surface area contributed by atoms with Crippen LogP contribution in [0.4, 0.5) is 0 Å². The molecular formula is C21H29N3O2. The topological polar surface area (TPSA) is 58.4 Å². The molecule has 1 N–H and O–H groups in total. The third kappa shape index (κ3) is 4.52. The second kappa shape index (κ2) is 8.99. The van der Waals surface area contributed by atoms with Gasteiger partial charge in [0.2, 0.25) is 5.91 Å². The molecule has 0 bridgehead atoms. The molecule has 140 valence electrons. The van der Waals surface area contributed by atoms with Crippen molar-refractivity contribution in [3.63, 3.8) is 0 Å². The summed E-state index contributed by atoms with van der Waals surface area (Å²) in [5, 5.41) is 9.13. The lowest BCUT2D eigenvalue weighted by Crippen LogP contribution is -2.40. The van der Waals surface area contributed by atoms with Crippen LogP contribution in [-0.4, -0.2) is 38.6 Å². The van der Waals surface area contributed by atoms with Gasteiger partial charge in [-0.05, 0) is 30.4 Å². The summed E-state index contributed by atoms with van der Waals surface area (Å²) in [6.07, 6.45) is 8.81. The highest BCUT2D eigenvalue weighted by molar-refractivity contribution is 5.79. The molecule has 3 rings (SSSR count). The number of nitrogens with zero attached hydrogens (tertiary/aromatic N) is 3. The molecule has 1 saturated heterocycles. The standard InChI is InChI=1S/C21H29N3O2/c1-2-3-11-23-13-10-22-21(23)19-5-4-12-24(15-19)20(26)14-17-6-8-18(16-25)9-7-17/h6-10,13,19,25H,2-5,11-12,14-16H2,1H3. The Hall–Kier alpha value is -2.14. The van der Waals surface area contributed by atoms with Crippen molar-refractivity contribution in [2.75, 3.05) is 13.1 Å². The number of piperidine rings is 1. The number of aromatic nitrogens is 2. The van der Waals surface area contributed by atoms with Crippen molar-refractivity contribution in [2.24, 2.45) is 0 Å². The van der Waals surface area contributed by atoms with Crippen LogP contribution >= 0.6 is 0 Å². The monoisotopic (exact) mass is 355 g/mol. The summed E-state index contributed by atoms with van der Waals surface area (Å²) in [4.78, 5) is 19.3. The van der Waals surface area contributed by atoms with Gasteiger partial charge in [-0.3, -0.25) is 4.79 Å². The zero-order valence-electron chi connectivity index (χ0n) is 15.6. The zero-order valence-corrected chi connectivity index (χ0v) is 15.6. The van der Waals surface area contributed by atoms with Gasteiger partial charge in [0.1, 0.15) is 5.82 Å². The maximum atomic E-state index is 12.7. The Morgan fingerprint density at radius 3 is 2.77 bits per heavy atom. The van der Waals surface area contributed by atoms with Gasteiger partial charge in [0.25, 0.3) is 0 Å². The smallest absolute Gasteiger partial charge is 0.227 e. The van der Waals surface area contributed by atoms with Crippen molar-refractivity contribution in [2.45, 2.75) is 58.1 Å². The summed E-state index contributed by atoms with van der Waals surface area (Å²) < 4.78 is 2.26. The second-order valence-corrected chi connectivity index (χ2v) is 7.16. The number of imidazole rings is 1. The van der Waals surface area contributed by atoms with Crippen LogP contribution in [0.1, 0.15) is 55.5 Å². The molecule has 1 unspecified atom stereocenters. The highest BCUT2D eigenvalue weighted by Gasteiger charge is 2.27. The SMILES string of the molecule is CCCCn1ccnc1C1CCCN(C(=O)Cc2ccc(CO)cc2)C1. The van der Waals surface area contributed by atoms with E-state index in [1.54, 1.807) is 0 Å². The van der Waals surface area contributed by atoms with E-state index in [0.717, 1.165) is 55.8 Å². The van der Waals surface area contributed by atoms with Gasteiger partial charge in [0, 0.05) is 37.9 Å². The molecule has 2 heterocycles. The molecule has 1 fully saturated rings. The lowest BCUT2D eigenvalue weighted by molar-refractivity contribution is -0.131. The average Bonchev–Trinajstić information content (AvgIpc) is 3.15. The molecule has 1 aliphatic heterocycles. The van der Waals surface area contributed by atoms with Crippen molar-refractivity contribution >= 4 is 5.91 Å². The number of aryl methyl sites for hydroxylation is 1. The number of carbonyl (C=O) groups excluding carboxylic acids is 1. The Morgan fingerprint density at radius 1 is 1.27 bits per heavy atom. The lowest BCUT2D eigenvalue weighted by atomic mass is 9.96. The summed E-state index contributed by atoms with van der Waals surface area (Å²) in [6, 6.07) is 7.63. The van der Waals surface area contributed by atoms with Crippen molar-refractivity contribution in [3.05, 3.63) is 53.6 Å². The Bertz CT molecular complexity index is 708. The zero-order chi connectivity index (χ0) is 18.4. The summed E-state index contributed by atoms with van der Waals surface area (Å²) in [7, 11) is 0. The minimum Gasteiger partial charge on any atom is -0.392 e. The van der Waals surface area contributed by atoms with Crippen LogP contribution in [0.25, 0.3) is 0 Å². The first kappa shape index (κ1) is 18.6. The summed E-state index contributed by atoms with van der Waals surface area (Å²) in [6.45, 7) is 4.83. The average molecular weight is 355 g/mol. The largest absolute Gasteiger partial charge is 0.392 e. The molecule has 1 amide bonds. The predicted octanol–water partition coefficient (Wildman–Crippen LogP) is 3.12. The first-order chi connectivity index (χ1) is 12.7. The number of unbranched alkanes of at least 4 members (excludes halogenated alkanes) is 1. The van der Waals surface area contributed by atoms with E-state index in [0.29, 0.717) is 12.3 Å². The molecule has 0 saturated carbocycles. The summed E-state index contributed by atoms with van der Waals surface area (Å²) in [5.41, 5.74) is 1.87. The van der Waals surface area contributed by atoms with Crippen molar-refractivity contribution < 1.29 is 9.90 Å². The summed E-state index contributed by atoms with van der Waals surface area (Å²) >= 11 is 0. The van der Waals surface area contributed by atoms with Gasteiger partial charge in [0.15, 0.2) is 0 Å². The highest BCUT2D eigenvalue weighted by atomic mass is 16.3. The number of likely N-dealkylation sites (tertiary alicyclic amines) is 1. The Morgan fingerprint density at radius 2 is 2.04 bits per heavy atom. The van der Waals surface area contributed by atoms with Crippen LogP contribution in [-0.2, 0) is 24.4 Å². The lowest BCUT2D eigenvalue weighted by Gasteiger charge is -2.33. The van der Waals surface area contributed by atoms with Crippen LogP contribution in [0.2, 0.25) is 0 Å². The molecule has 2 aromatic rings. The van der Waals surface area contributed by atoms with Gasteiger partial charge >= 0.3 is 0 Å². The Labute approximate surface area is 155 Å². The highest BCUT2D eigenvalue weighted by Crippen LogP contribution is 2.26. The van der Waals surface area contributed by atoms with Crippen molar-refractivity contribution in [1.29, 1.82) is 0 Å². The van der Waals surface area contributed by atoms with E-state index in [1.165, 1.54) is 6.42 Å². The van der Waals surface area contributed by atoms with Gasteiger partial charge < -0.3 is 14.6 Å². The van der Waals surface area contributed by atoms with Gasteiger partial charge in [-0.1, -0.05) is 37.6 Å². The van der Waals surface area contributed by atoms with E-state index >= 15 is 0 Å². The minimum absolute atomic E-state index is 0.0344. The van der Waals surface area contributed by atoms with Crippen LogP contribution in [0.15, 0.2) is 36.7 Å². The fraction of sp³-hybridized carbons (Fsp3) is 0.524. The fourth-order valence-corrected chi connectivity index (χ4v) is 3.66. The number of benzene rings is 1. The molecule has 1 aliphatic rings. The van der Waals surface area contributed by atoms with Gasteiger partial charge in [-0.2, -0.15) is 0 Å². The van der Waals surface area contributed by atoms with Crippen molar-refractivity contribution in [1.82, 2.24) is 14.5 Å². The van der Waals surface area contributed by atoms with Crippen LogP contribution in [0.3, 0.4) is 0 Å². The molecule has 1 aromatic carbocycles. The van der Waals surface area contributed by atoms with E-state index in [4.69, 9.17) is 5.11 Å². The third-order valence-corrected chi connectivity index (χ3v) is 5.20. The number of aliphatic hydroxyl groups excluding tert-OH is 1. The Kier molecular flexibility index (Phi) is 6.45. The molecule has 1 aromatic heterocycles. The van der Waals surface area contributed by atoms with Gasteiger partial charge in [-0.15, -0.1) is 0 Å². The maximum Gasteiger partial charge on any atom is 0.227 e. The van der Waals surface area contributed by atoms with E-state index in [1.807, 2.05) is 35.4 Å². The summed E-state index contributed by atoms with van der Waals surface area (Å²) in [5.74, 6) is 1.64. The molecule has 0 aliphatic carbocycles. The number of aliphatic hydroxyl groups is 1. The number of hydrogen-bond donors (Lipinski definition) is 1. The quantitative estimate of drug-likeness (QED) is 0.830. The van der Waals surface area contributed by atoms with Crippen LogP contribution in [0, 0.1) is 0 Å². The fourth-order valence-electron chi connectivity index (χ4n) is 3.66. The van der Waals surface area contributed by atoms with E-state index in [-0.39, 0.29) is 12.5 Å². The number of amides is 1. The van der Waals surface area contributed by atoms with Crippen molar-refractivity contribution in [3.8, 4) is 0 Å². The molecule has 1 atom stereocenters. The van der Waals surface area contributed by atoms with Crippen LogP contribution in [0.5, 0.6) is 0 Å². The first-order valence-electron chi connectivity index (χ1n) is 9.68. The van der Waals surface area contributed by atoms with Gasteiger partial charge in [-0.25, -0.2) is 4.98 Å². The number of hydrogen-bond acceptors (Lipinski definition) is 3. The molecule has 5 nitrogen and oxygen atoms in total. The number of rotatable bonds is 7. The minimum atomic E-state index is 0.0344. The molecular weight excluding hydrogens is 326 g/mol. The Balaban J connectivity index is 1.62. The molecule has 0 radical (unpaired) electrons. The van der Waals surface area contributed by atoms with Gasteiger partial charge in [0.05, 0.1) is 13.0 Å². The van der Waals surface area contributed by atoms with Crippen LogP contribution < -0.4 is 0 Å². The normalized spacial score (nSPS) is 17.5. The molecule has 26 heavy (non-hydrogen) atoms. The molecule has 5 heteroatoms. The van der Waals surface area contributed by atoms with E-state index in [9.17, 15) is 4.79 Å². The predicted molar refractivity (Wildman–Crippen MR) is 102 cm³/mol. The second-order valence-electron chi connectivity index (χ2n) is 7.16. The van der Waals surface area contributed by atoms with E-state index < -0.39 is 0 Å². The first-order valence-corrected chi connectivity index (χ1v) is 9.68. The third-order valence-electron chi connectivity index (χ3n) is 5.20. The number of carbonyl (C=O) groups is 1. The molecule has 0 spiro atoms.